The van der Waals surface area contributed by atoms with Crippen molar-refractivity contribution in [2.45, 2.75) is 13.0 Å². The predicted octanol–water partition coefficient (Wildman–Crippen LogP) is -0.513. The lowest BCUT2D eigenvalue weighted by molar-refractivity contribution is -0.142. The molecular weight excluding hydrogens is 188 g/mol. The van der Waals surface area contributed by atoms with E-state index in [1.165, 1.54) is 4.90 Å². The molecule has 1 saturated heterocycles. The molecule has 0 radical (unpaired) electrons. The van der Waals surface area contributed by atoms with Gasteiger partial charge in [-0.1, -0.05) is 0 Å². The Hall–Kier alpha value is -1.30. The summed E-state index contributed by atoms with van der Waals surface area (Å²) in [4.78, 5) is 23.1. The first-order valence-electron chi connectivity index (χ1n) is 4.44. The van der Waals surface area contributed by atoms with Gasteiger partial charge in [0.05, 0.1) is 19.3 Å². The first kappa shape index (κ1) is 10.8. The van der Waals surface area contributed by atoms with Gasteiger partial charge in [0, 0.05) is 6.54 Å². The summed E-state index contributed by atoms with van der Waals surface area (Å²) in [5.41, 5.74) is 5.13. The lowest BCUT2D eigenvalue weighted by atomic mass is 10.0. The van der Waals surface area contributed by atoms with Crippen LogP contribution in [0.3, 0.4) is 0 Å². The molecule has 1 fully saturated rings. The molecule has 14 heavy (non-hydrogen) atoms. The molecule has 1 rings (SSSR count). The van der Waals surface area contributed by atoms with Crippen molar-refractivity contribution in [2.24, 2.45) is 11.7 Å². The van der Waals surface area contributed by atoms with Crippen molar-refractivity contribution in [1.82, 2.24) is 4.90 Å². The maximum Gasteiger partial charge on any atom is 0.315 e. The monoisotopic (exact) mass is 202 g/mol. The molecule has 2 amide bonds. The Labute approximate surface area is 81.6 Å². The molecule has 0 bridgehead atoms. The number of nitrogens with two attached hydrogens (primary N) is 1. The van der Waals surface area contributed by atoms with Gasteiger partial charge in [0.25, 0.3) is 0 Å². The highest BCUT2D eigenvalue weighted by Crippen LogP contribution is 2.19. The summed E-state index contributed by atoms with van der Waals surface area (Å²) in [7, 11) is 0. The van der Waals surface area contributed by atoms with Gasteiger partial charge in [0.15, 0.2) is 0 Å². The van der Waals surface area contributed by atoms with E-state index in [9.17, 15) is 9.59 Å². The SMILES string of the molecule is CCN(C(N)=O)C1COCC1C(=O)O. The standard InChI is InChI=1S/C8H14N2O4/c1-2-10(8(9)13)6-4-14-3-5(6)7(11)12/h5-6H,2-4H2,1H3,(H2,9,13)(H,11,12). The third kappa shape index (κ3) is 1.95. The Morgan fingerprint density at radius 2 is 2.21 bits per heavy atom. The van der Waals surface area contributed by atoms with Gasteiger partial charge < -0.3 is 20.5 Å². The van der Waals surface area contributed by atoms with Gasteiger partial charge in [-0.05, 0) is 6.92 Å². The summed E-state index contributed by atoms with van der Waals surface area (Å²) in [6.45, 7) is 2.53. The minimum absolute atomic E-state index is 0.143. The molecule has 1 heterocycles. The number of carbonyl (C=O) groups is 2. The molecule has 0 spiro atoms. The summed E-state index contributed by atoms with van der Waals surface area (Å²) < 4.78 is 5.03. The minimum Gasteiger partial charge on any atom is -0.481 e. The first-order valence-corrected chi connectivity index (χ1v) is 4.44. The molecule has 2 unspecified atom stereocenters. The average Bonchev–Trinajstić information content (AvgIpc) is 2.53. The highest BCUT2D eigenvalue weighted by atomic mass is 16.5. The van der Waals surface area contributed by atoms with E-state index in [2.05, 4.69) is 0 Å². The maximum absolute atomic E-state index is 11.0. The van der Waals surface area contributed by atoms with Gasteiger partial charge in [-0.25, -0.2) is 4.79 Å². The van der Waals surface area contributed by atoms with Gasteiger partial charge in [-0.2, -0.15) is 0 Å². The van der Waals surface area contributed by atoms with Gasteiger partial charge in [0.1, 0.15) is 5.92 Å². The molecular formula is C8H14N2O4. The fourth-order valence-corrected chi connectivity index (χ4v) is 1.64. The van der Waals surface area contributed by atoms with Crippen molar-refractivity contribution in [1.29, 1.82) is 0 Å². The van der Waals surface area contributed by atoms with Crippen molar-refractivity contribution in [3.05, 3.63) is 0 Å². The number of urea groups is 1. The number of carboxylic acid groups (broad SMARTS) is 1. The van der Waals surface area contributed by atoms with Gasteiger partial charge in [-0.15, -0.1) is 0 Å². The minimum atomic E-state index is -0.952. The Morgan fingerprint density at radius 3 is 2.64 bits per heavy atom. The normalized spacial score (nSPS) is 26.1. The molecule has 0 aromatic heterocycles. The van der Waals surface area contributed by atoms with E-state index in [-0.39, 0.29) is 13.2 Å². The highest BCUT2D eigenvalue weighted by Gasteiger charge is 2.38. The number of nitrogens with zero attached hydrogens (tertiary/aromatic N) is 1. The molecule has 0 aromatic rings. The van der Waals surface area contributed by atoms with Crippen molar-refractivity contribution in [2.75, 3.05) is 19.8 Å². The molecule has 0 saturated carbocycles. The summed E-state index contributed by atoms with van der Waals surface area (Å²) in [6.07, 6.45) is 0. The number of rotatable bonds is 3. The second-order valence-electron chi connectivity index (χ2n) is 3.17. The maximum atomic E-state index is 11.0. The number of carbonyl (C=O) groups excluding carboxylic acids is 1. The van der Waals surface area contributed by atoms with Gasteiger partial charge in [-0.3, -0.25) is 4.79 Å². The quantitative estimate of drug-likeness (QED) is 0.644. The number of amides is 2. The fraction of sp³-hybridized carbons (Fsp3) is 0.750. The van der Waals surface area contributed by atoms with E-state index >= 15 is 0 Å². The van der Waals surface area contributed by atoms with E-state index < -0.39 is 24.0 Å². The molecule has 2 atom stereocenters. The van der Waals surface area contributed by atoms with Crippen LogP contribution < -0.4 is 5.73 Å². The van der Waals surface area contributed by atoms with Crippen LogP contribution in [0, 0.1) is 5.92 Å². The van der Waals surface area contributed by atoms with Gasteiger partial charge >= 0.3 is 12.0 Å². The summed E-state index contributed by atoms with van der Waals surface area (Å²) in [6, 6.07) is -1.04. The van der Waals surface area contributed by atoms with E-state index in [1.54, 1.807) is 6.92 Å². The van der Waals surface area contributed by atoms with Crippen LogP contribution in [0.15, 0.2) is 0 Å². The van der Waals surface area contributed by atoms with Crippen LogP contribution in [0.25, 0.3) is 0 Å². The summed E-state index contributed by atoms with van der Waals surface area (Å²) in [5.74, 6) is -1.62. The van der Waals surface area contributed by atoms with E-state index in [0.29, 0.717) is 6.54 Å². The third-order valence-corrected chi connectivity index (χ3v) is 2.39. The number of carboxylic acids is 1. The van der Waals surface area contributed by atoms with Crippen LogP contribution in [-0.2, 0) is 9.53 Å². The average molecular weight is 202 g/mol. The molecule has 0 aromatic carbocycles. The zero-order chi connectivity index (χ0) is 10.7. The number of hydrogen-bond acceptors (Lipinski definition) is 3. The van der Waals surface area contributed by atoms with Crippen LogP contribution in [0.1, 0.15) is 6.92 Å². The largest absolute Gasteiger partial charge is 0.481 e. The third-order valence-electron chi connectivity index (χ3n) is 2.39. The molecule has 6 heteroatoms. The van der Waals surface area contributed by atoms with E-state index in [4.69, 9.17) is 15.6 Å². The number of hydrogen-bond donors (Lipinski definition) is 2. The smallest absolute Gasteiger partial charge is 0.315 e. The number of ether oxygens (including phenoxy) is 1. The topological polar surface area (TPSA) is 92.9 Å². The highest BCUT2D eigenvalue weighted by molar-refractivity contribution is 5.76. The second kappa shape index (κ2) is 4.28. The second-order valence-corrected chi connectivity index (χ2v) is 3.17. The van der Waals surface area contributed by atoms with Crippen molar-refractivity contribution in [3.8, 4) is 0 Å². The molecule has 1 aliphatic rings. The van der Waals surface area contributed by atoms with Crippen LogP contribution in [0.5, 0.6) is 0 Å². The van der Waals surface area contributed by atoms with Crippen molar-refractivity contribution in [3.63, 3.8) is 0 Å². The Balaban J connectivity index is 2.74. The zero-order valence-electron chi connectivity index (χ0n) is 7.97. The Bertz CT molecular complexity index is 243. The van der Waals surface area contributed by atoms with Crippen LogP contribution in [-0.4, -0.2) is 47.8 Å². The van der Waals surface area contributed by atoms with E-state index in [1.807, 2.05) is 0 Å². The lowest BCUT2D eigenvalue weighted by Crippen LogP contribution is -2.48. The molecule has 3 N–H and O–H groups in total. The molecule has 1 aliphatic heterocycles. The molecule has 0 aliphatic carbocycles. The Kier molecular flexibility index (Phi) is 3.29. The fourth-order valence-electron chi connectivity index (χ4n) is 1.64. The number of aliphatic carboxylic acids is 1. The predicted molar refractivity (Wildman–Crippen MR) is 47.7 cm³/mol. The van der Waals surface area contributed by atoms with Crippen LogP contribution in [0.4, 0.5) is 4.79 Å². The molecule has 6 nitrogen and oxygen atoms in total. The van der Waals surface area contributed by atoms with Gasteiger partial charge in [0.2, 0.25) is 0 Å². The van der Waals surface area contributed by atoms with Crippen LogP contribution in [0.2, 0.25) is 0 Å². The number of likely N-dealkylation sites (N-methyl/N-ethyl adjacent to an activating group) is 1. The first-order chi connectivity index (χ1) is 6.57. The van der Waals surface area contributed by atoms with Crippen LogP contribution >= 0.6 is 0 Å². The summed E-state index contributed by atoms with van der Waals surface area (Å²) >= 11 is 0. The zero-order valence-corrected chi connectivity index (χ0v) is 7.97. The van der Waals surface area contributed by atoms with Crippen molar-refractivity contribution >= 4 is 12.0 Å². The van der Waals surface area contributed by atoms with E-state index in [0.717, 1.165) is 0 Å². The Morgan fingerprint density at radius 1 is 1.57 bits per heavy atom. The molecule has 80 valence electrons. The number of primary amides is 1. The van der Waals surface area contributed by atoms with Crippen molar-refractivity contribution < 1.29 is 19.4 Å². The lowest BCUT2D eigenvalue weighted by Gasteiger charge is -2.27. The summed E-state index contributed by atoms with van der Waals surface area (Å²) in [5, 5.41) is 8.85.